The normalized spacial score (nSPS) is 16.8. The van der Waals surface area contributed by atoms with Gasteiger partial charge < -0.3 is 14.8 Å². The monoisotopic (exact) mass is 433 g/mol. The lowest BCUT2D eigenvalue weighted by Crippen LogP contribution is -2.40. The molecule has 1 aromatic heterocycles. The van der Waals surface area contributed by atoms with Gasteiger partial charge in [-0.05, 0) is 43.7 Å². The van der Waals surface area contributed by atoms with E-state index < -0.39 is 10.8 Å². The number of carbonyl (C=O) groups excluding carboxylic acids is 1. The molecule has 1 fully saturated rings. The van der Waals surface area contributed by atoms with Gasteiger partial charge in [-0.15, -0.1) is 11.3 Å². The number of nitro groups is 1. The molecule has 30 heavy (non-hydrogen) atoms. The summed E-state index contributed by atoms with van der Waals surface area (Å²) in [4.78, 5) is 27.4. The van der Waals surface area contributed by atoms with Gasteiger partial charge in [0.05, 0.1) is 24.7 Å². The number of nitrogens with zero attached hydrogens (tertiary/aromatic N) is 2. The number of rotatable bonds is 9. The number of thiophene rings is 1. The molecule has 1 saturated heterocycles. The summed E-state index contributed by atoms with van der Waals surface area (Å²) >= 11 is 1.75. The minimum atomic E-state index is -0.573. The highest BCUT2D eigenvalue weighted by atomic mass is 32.1. The Bertz CT molecular complexity index is 872. The number of amides is 1. The third-order valence-electron chi connectivity index (χ3n) is 5.14. The van der Waals surface area contributed by atoms with Crippen LogP contribution in [0.3, 0.4) is 0 Å². The van der Waals surface area contributed by atoms with Crippen molar-refractivity contribution in [2.75, 3.05) is 33.4 Å². The van der Waals surface area contributed by atoms with Crippen LogP contribution in [0.15, 0.2) is 29.6 Å². The Balaban J connectivity index is 1.66. The van der Waals surface area contributed by atoms with E-state index in [1.807, 2.05) is 0 Å². The van der Waals surface area contributed by atoms with E-state index in [0.717, 1.165) is 32.5 Å². The van der Waals surface area contributed by atoms with Crippen molar-refractivity contribution in [1.82, 2.24) is 10.2 Å². The second-order valence-electron chi connectivity index (χ2n) is 7.24. The summed E-state index contributed by atoms with van der Waals surface area (Å²) in [6, 6.07) is 6.82. The molecule has 1 unspecified atom stereocenters. The zero-order valence-corrected chi connectivity index (χ0v) is 18.1. The summed E-state index contributed by atoms with van der Waals surface area (Å²) < 4.78 is 10.6. The number of methoxy groups -OCH3 is 1. The van der Waals surface area contributed by atoms with Gasteiger partial charge in [-0.25, -0.2) is 0 Å². The fraction of sp³-hybridized carbons (Fsp3) is 0.476. The highest BCUT2D eigenvalue weighted by molar-refractivity contribution is 7.09. The van der Waals surface area contributed by atoms with E-state index in [9.17, 15) is 14.9 Å². The largest absolute Gasteiger partial charge is 0.493 e. The Morgan fingerprint density at radius 3 is 2.90 bits per heavy atom. The molecule has 2 aromatic rings. The Morgan fingerprint density at radius 1 is 1.40 bits per heavy atom. The molecule has 1 atom stereocenters. The van der Waals surface area contributed by atoms with Crippen LogP contribution in [0.4, 0.5) is 5.69 Å². The van der Waals surface area contributed by atoms with Crippen molar-refractivity contribution in [2.45, 2.75) is 26.3 Å². The SMILES string of the molecule is CCOc1cc(C(=O)NCC2CCCN(Cc3cccs3)C2)c([N+](=O)[O-])cc1OC. The number of likely N-dealkylation sites (tertiary alicyclic amines) is 1. The van der Waals surface area contributed by atoms with Crippen molar-refractivity contribution in [1.29, 1.82) is 0 Å². The highest BCUT2D eigenvalue weighted by Crippen LogP contribution is 2.34. The molecule has 1 amide bonds. The van der Waals surface area contributed by atoms with Gasteiger partial charge in [0.15, 0.2) is 11.5 Å². The number of nitrogens with one attached hydrogen (secondary N) is 1. The first-order valence-corrected chi connectivity index (χ1v) is 10.9. The molecule has 162 valence electrons. The average Bonchev–Trinajstić information content (AvgIpc) is 3.25. The Kier molecular flexibility index (Phi) is 7.64. The number of benzene rings is 1. The van der Waals surface area contributed by atoms with E-state index in [4.69, 9.17) is 9.47 Å². The zero-order valence-electron chi connectivity index (χ0n) is 17.3. The van der Waals surface area contributed by atoms with Crippen molar-refractivity contribution < 1.29 is 19.2 Å². The molecule has 0 spiro atoms. The molecule has 0 aliphatic carbocycles. The number of piperidine rings is 1. The van der Waals surface area contributed by atoms with Crippen molar-refractivity contribution in [3.8, 4) is 11.5 Å². The molecule has 9 heteroatoms. The Hall–Kier alpha value is -2.65. The van der Waals surface area contributed by atoms with Crippen LogP contribution >= 0.6 is 11.3 Å². The van der Waals surface area contributed by atoms with Gasteiger partial charge in [-0.2, -0.15) is 0 Å². The molecule has 1 N–H and O–H groups in total. The number of ether oxygens (including phenoxy) is 2. The minimum Gasteiger partial charge on any atom is -0.493 e. The summed E-state index contributed by atoms with van der Waals surface area (Å²) in [5.41, 5.74) is -0.314. The molecule has 1 aliphatic rings. The predicted molar refractivity (Wildman–Crippen MR) is 115 cm³/mol. The number of hydrogen-bond donors (Lipinski definition) is 1. The van der Waals surface area contributed by atoms with E-state index in [2.05, 4.69) is 27.7 Å². The van der Waals surface area contributed by atoms with Crippen molar-refractivity contribution in [2.24, 2.45) is 5.92 Å². The van der Waals surface area contributed by atoms with E-state index in [1.54, 1.807) is 18.3 Å². The molecule has 1 aliphatic heterocycles. The summed E-state index contributed by atoms with van der Waals surface area (Å²) in [5, 5.41) is 16.5. The molecular formula is C21H27N3O5S. The molecule has 0 radical (unpaired) electrons. The molecule has 1 aromatic carbocycles. The predicted octanol–water partition coefficient (Wildman–Crippen LogP) is 3.71. The lowest BCUT2D eigenvalue weighted by molar-refractivity contribution is -0.385. The Labute approximate surface area is 179 Å². The second-order valence-corrected chi connectivity index (χ2v) is 8.28. The fourth-order valence-corrected chi connectivity index (χ4v) is 4.47. The maximum absolute atomic E-state index is 12.8. The third-order valence-corrected chi connectivity index (χ3v) is 6.00. The molecule has 8 nitrogen and oxygen atoms in total. The molecular weight excluding hydrogens is 406 g/mol. The van der Waals surface area contributed by atoms with Crippen LogP contribution < -0.4 is 14.8 Å². The second kappa shape index (κ2) is 10.4. The molecule has 0 bridgehead atoms. The number of hydrogen-bond acceptors (Lipinski definition) is 7. The smallest absolute Gasteiger partial charge is 0.286 e. The number of nitro benzene ring substituents is 1. The summed E-state index contributed by atoms with van der Waals surface area (Å²) in [7, 11) is 1.41. The van der Waals surface area contributed by atoms with Crippen LogP contribution in [-0.2, 0) is 6.54 Å². The van der Waals surface area contributed by atoms with E-state index >= 15 is 0 Å². The van der Waals surface area contributed by atoms with E-state index in [0.29, 0.717) is 24.8 Å². The topological polar surface area (TPSA) is 93.9 Å². The average molecular weight is 434 g/mol. The molecule has 2 heterocycles. The lowest BCUT2D eigenvalue weighted by Gasteiger charge is -2.32. The summed E-state index contributed by atoms with van der Waals surface area (Å²) in [5.74, 6) is 0.388. The number of carbonyl (C=O) groups is 1. The molecule has 3 rings (SSSR count). The minimum absolute atomic E-state index is 0.0181. The maximum atomic E-state index is 12.8. The first-order valence-electron chi connectivity index (χ1n) is 10.0. The van der Waals surface area contributed by atoms with Crippen LogP contribution in [-0.4, -0.2) is 49.1 Å². The van der Waals surface area contributed by atoms with Gasteiger partial charge in [0.25, 0.3) is 11.6 Å². The first kappa shape index (κ1) is 22.0. The van der Waals surface area contributed by atoms with Gasteiger partial charge in [-0.3, -0.25) is 19.8 Å². The van der Waals surface area contributed by atoms with Crippen molar-refractivity contribution >= 4 is 22.9 Å². The molecule has 0 saturated carbocycles. The van der Waals surface area contributed by atoms with Crippen molar-refractivity contribution in [3.05, 3.63) is 50.2 Å². The van der Waals surface area contributed by atoms with Crippen LogP contribution in [0.2, 0.25) is 0 Å². The van der Waals surface area contributed by atoms with Gasteiger partial charge >= 0.3 is 0 Å². The quantitative estimate of drug-likeness (QED) is 0.479. The van der Waals surface area contributed by atoms with Crippen LogP contribution in [0, 0.1) is 16.0 Å². The fourth-order valence-electron chi connectivity index (χ4n) is 3.73. The highest BCUT2D eigenvalue weighted by Gasteiger charge is 2.26. The third kappa shape index (κ3) is 5.48. The zero-order chi connectivity index (χ0) is 21.5. The van der Waals surface area contributed by atoms with Gasteiger partial charge in [0, 0.05) is 30.6 Å². The summed E-state index contributed by atoms with van der Waals surface area (Å²) in [6.07, 6.45) is 2.10. The Morgan fingerprint density at radius 2 is 2.23 bits per heavy atom. The van der Waals surface area contributed by atoms with Crippen molar-refractivity contribution in [3.63, 3.8) is 0 Å². The van der Waals surface area contributed by atoms with Gasteiger partial charge in [0.2, 0.25) is 0 Å². The first-order chi connectivity index (χ1) is 14.5. The van der Waals surface area contributed by atoms with E-state index in [-0.39, 0.29) is 17.0 Å². The van der Waals surface area contributed by atoms with Gasteiger partial charge in [-0.1, -0.05) is 6.07 Å². The van der Waals surface area contributed by atoms with Gasteiger partial charge in [0.1, 0.15) is 5.56 Å². The standard InChI is InChI=1S/C21H27N3O5S/c1-3-29-20-10-17(18(24(26)27)11-19(20)28-2)21(25)22-12-15-6-4-8-23(13-15)14-16-7-5-9-30-16/h5,7,9-11,15H,3-4,6,8,12-14H2,1-2H3,(H,22,25). The van der Waals surface area contributed by atoms with Crippen LogP contribution in [0.1, 0.15) is 35.0 Å². The maximum Gasteiger partial charge on any atom is 0.286 e. The van der Waals surface area contributed by atoms with Crippen LogP contribution in [0.25, 0.3) is 0 Å². The van der Waals surface area contributed by atoms with Crippen LogP contribution in [0.5, 0.6) is 11.5 Å². The summed E-state index contributed by atoms with van der Waals surface area (Å²) in [6.45, 7) is 5.50. The van der Waals surface area contributed by atoms with E-state index in [1.165, 1.54) is 24.1 Å². The lowest BCUT2D eigenvalue weighted by atomic mass is 9.97.